The lowest BCUT2D eigenvalue weighted by Crippen LogP contribution is -2.31. The maximum atomic E-state index is 9.45. The lowest BCUT2D eigenvalue weighted by molar-refractivity contribution is 0.119. The summed E-state index contributed by atoms with van der Waals surface area (Å²) in [4.78, 5) is 2.18. The van der Waals surface area contributed by atoms with Crippen LogP contribution in [0.15, 0.2) is 0 Å². The van der Waals surface area contributed by atoms with E-state index in [9.17, 15) is 5.11 Å². The quantitative estimate of drug-likeness (QED) is 0.554. The second-order valence-corrected chi connectivity index (χ2v) is 3.70. The van der Waals surface area contributed by atoms with E-state index in [1.54, 1.807) is 0 Å². The Labute approximate surface area is 81.9 Å². The van der Waals surface area contributed by atoms with Crippen LogP contribution in [0.2, 0.25) is 0 Å². The van der Waals surface area contributed by atoms with E-state index in [1.165, 1.54) is 19.3 Å². The molecule has 0 aliphatic carbocycles. The number of nitrogens with two attached hydrogens (primary N) is 1. The Morgan fingerprint density at radius 2 is 2.08 bits per heavy atom. The fourth-order valence-electron chi connectivity index (χ4n) is 1.37. The van der Waals surface area contributed by atoms with Crippen LogP contribution in [-0.2, 0) is 0 Å². The zero-order valence-corrected chi connectivity index (χ0v) is 9.00. The topological polar surface area (TPSA) is 49.5 Å². The number of rotatable bonds is 8. The molecule has 0 radical (unpaired) electrons. The second-order valence-electron chi connectivity index (χ2n) is 3.70. The Hall–Kier alpha value is -0.120. The predicted octanol–water partition coefficient (Wildman–Crippen LogP) is 0.818. The molecule has 1 atom stereocenters. The zero-order valence-electron chi connectivity index (χ0n) is 9.00. The van der Waals surface area contributed by atoms with Gasteiger partial charge < -0.3 is 15.7 Å². The molecule has 0 spiro atoms. The van der Waals surface area contributed by atoms with Crippen molar-refractivity contribution in [3.8, 4) is 0 Å². The molecule has 13 heavy (non-hydrogen) atoms. The summed E-state index contributed by atoms with van der Waals surface area (Å²) >= 11 is 0. The first kappa shape index (κ1) is 12.9. The smallest absolute Gasteiger partial charge is 0.0679 e. The highest BCUT2D eigenvalue weighted by Crippen LogP contribution is 1.98. The van der Waals surface area contributed by atoms with Gasteiger partial charge >= 0.3 is 0 Å². The standard InChI is InChI=1S/C10H24N2O/c1-3-4-5-8-12(2)9-10(13)6-7-11/h10,13H,3-9,11H2,1-2H3. The van der Waals surface area contributed by atoms with Crippen molar-refractivity contribution in [2.24, 2.45) is 5.73 Å². The lowest BCUT2D eigenvalue weighted by Gasteiger charge is -2.19. The summed E-state index contributed by atoms with van der Waals surface area (Å²) in [5, 5.41) is 9.45. The number of aliphatic hydroxyl groups is 1. The van der Waals surface area contributed by atoms with E-state index in [-0.39, 0.29) is 6.10 Å². The lowest BCUT2D eigenvalue weighted by atomic mass is 10.2. The van der Waals surface area contributed by atoms with Crippen LogP contribution in [0.25, 0.3) is 0 Å². The molecule has 0 aromatic heterocycles. The van der Waals surface area contributed by atoms with Crippen molar-refractivity contribution in [1.29, 1.82) is 0 Å². The molecule has 0 aromatic carbocycles. The van der Waals surface area contributed by atoms with E-state index < -0.39 is 0 Å². The third-order valence-electron chi connectivity index (χ3n) is 2.17. The molecule has 0 fully saturated rings. The molecule has 3 nitrogen and oxygen atoms in total. The van der Waals surface area contributed by atoms with E-state index in [4.69, 9.17) is 5.73 Å². The molecule has 0 aromatic rings. The van der Waals surface area contributed by atoms with E-state index >= 15 is 0 Å². The molecule has 0 aliphatic heterocycles. The number of hydrogen-bond donors (Lipinski definition) is 2. The highest BCUT2D eigenvalue weighted by molar-refractivity contribution is 4.61. The number of unbranched alkanes of at least 4 members (excludes halogenated alkanes) is 2. The summed E-state index contributed by atoms with van der Waals surface area (Å²) < 4.78 is 0. The van der Waals surface area contributed by atoms with Gasteiger partial charge in [0.05, 0.1) is 6.10 Å². The second kappa shape index (κ2) is 8.48. The van der Waals surface area contributed by atoms with Crippen LogP contribution in [0.1, 0.15) is 32.6 Å². The highest BCUT2D eigenvalue weighted by Gasteiger charge is 2.06. The molecule has 1 unspecified atom stereocenters. The molecular formula is C10H24N2O. The molecular weight excluding hydrogens is 164 g/mol. The maximum Gasteiger partial charge on any atom is 0.0679 e. The zero-order chi connectivity index (χ0) is 10.1. The van der Waals surface area contributed by atoms with Crippen molar-refractivity contribution >= 4 is 0 Å². The number of hydrogen-bond acceptors (Lipinski definition) is 3. The third-order valence-corrected chi connectivity index (χ3v) is 2.17. The molecule has 0 amide bonds. The molecule has 0 bridgehead atoms. The number of nitrogens with zero attached hydrogens (tertiary/aromatic N) is 1. The normalized spacial score (nSPS) is 13.6. The minimum Gasteiger partial charge on any atom is -0.392 e. The largest absolute Gasteiger partial charge is 0.392 e. The first-order chi connectivity index (χ1) is 6.20. The van der Waals surface area contributed by atoms with Crippen LogP contribution in [0, 0.1) is 0 Å². The Balaban J connectivity index is 3.32. The van der Waals surface area contributed by atoms with E-state index in [0.717, 1.165) is 13.1 Å². The number of aliphatic hydroxyl groups excluding tert-OH is 1. The molecule has 3 heteroatoms. The first-order valence-electron chi connectivity index (χ1n) is 5.27. The SMILES string of the molecule is CCCCCN(C)CC(O)CCN. The van der Waals surface area contributed by atoms with E-state index in [1.807, 2.05) is 0 Å². The van der Waals surface area contributed by atoms with Gasteiger partial charge in [-0.3, -0.25) is 0 Å². The van der Waals surface area contributed by atoms with E-state index in [2.05, 4.69) is 18.9 Å². The van der Waals surface area contributed by atoms with Gasteiger partial charge in [0.1, 0.15) is 0 Å². The fourth-order valence-corrected chi connectivity index (χ4v) is 1.37. The molecule has 0 aliphatic rings. The molecule has 0 saturated carbocycles. The van der Waals surface area contributed by atoms with Crippen LogP contribution < -0.4 is 5.73 Å². The van der Waals surface area contributed by atoms with Crippen LogP contribution in [0.4, 0.5) is 0 Å². The van der Waals surface area contributed by atoms with Gasteiger partial charge in [0.2, 0.25) is 0 Å². The molecule has 0 rings (SSSR count). The summed E-state index contributed by atoms with van der Waals surface area (Å²) in [7, 11) is 2.05. The average Bonchev–Trinajstić information content (AvgIpc) is 2.05. The van der Waals surface area contributed by atoms with Gasteiger partial charge in [0.25, 0.3) is 0 Å². The maximum absolute atomic E-state index is 9.45. The molecule has 80 valence electrons. The van der Waals surface area contributed by atoms with Crippen molar-refractivity contribution in [1.82, 2.24) is 4.90 Å². The van der Waals surface area contributed by atoms with Crippen molar-refractivity contribution in [2.45, 2.75) is 38.7 Å². The van der Waals surface area contributed by atoms with Gasteiger partial charge in [-0.2, -0.15) is 0 Å². The van der Waals surface area contributed by atoms with Gasteiger partial charge in [-0.25, -0.2) is 0 Å². The Morgan fingerprint density at radius 3 is 2.62 bits per heavy atom. The summed E-state index contributed by atoms with van der Waals surface area (Å²) in [6.45, 7) is 4.60. The summed E-state index contributed by atoms with van der Waals surface area (Å²) in [5.41, 5.74) is 5.35. The minimum absolute atomic E-state index is 0.253. The Bertz CT molecular complexity index is 109. The van der Waals surface area contributed by atoms with Crippen LogP contribution >= 0.6 is 0 Å². The van der Waals surface area contributed by atoms with Crippen molar-refractivity contribution in [3.05, 3.63) is 0 Å². The summed E-state index contributed by atoms with van der Waals surface area (Å²) in [6, 6.07) is 0. The minimum atomic E-state index is -0.253. The van der Waals surface area contributed by atoms with Gasteiger partial charge in [-0.05, 0) is 33.0 Å². The predicted molar refractivity (Wildman–Crippen MR) is 56.7 cm³/mol. The summed E-state index contributed by atoms with van der Waals surface area (Å²) in [6.07, 6.45) is 4.20. The van der Waals surface area contributed by atoms with Crippen molar-refractivity contribution < 1.29 is 5.11 Å². The fraction of sp³-hybridized carbons (Fsp3) is 1.00. The average molecular weight is 188 g/mol. The monoisotopic (exact) mass is 188 g/mol. The van der Waals surface area contributed by atoms with E-state index in [0.29, 0.717) is 13.0 Å². The van der Waals surface area contributed by atoms with Crippen LogP contribution in [0.3, 0.4) is 0 Å². The van der Waals surface area contributed by atoms with Gasteiger partial charge in [0.15, 0.2) is 0 Å². The first-order valence-corrected chi connectivity index (χ1v) is 5.27. The van der Waals surface area contributed by atoms with Crippen LogP contribution in [-0.4, -0.2) is 42.8 Å². The number of likely N-dealkylation sites (N-methyl/N-ethyl adjacent to an activating group) is 1. The Morgan fingerprint density at radius 1 is 1.38 bits per heavy atom. The molecule has 0 heterocycles. The van der Waals surface area contributed by atoms with Crippen molar-refractivity contribution in [3.63, 3.8) is 0 Å². The third kappa shape index (κ3) is 8.22. The van der Waals surface area contributed by atoms with Gasteiger partial charge in [0, 0.05) is 6.54 Å². The van der Waals surface area contributed by atoms with Gasteiger partial charge in [-0.15, -0.1) is 0 Å². The van der Waals surface area contributed by atoms with Crippen molar-refractivity contribution in [2.75, 3.05) is 26.7 Å². The van der Waals surface area contributed by atoms with Crippen LogP contribution in [0.5, 0.6) is 0 Å². The molecule has 3 N–H and O–H groups in total. The Kier molecular flexibility index (Phi) is 8.40. The molecule has 0 saturated heterocycles. The van der Waals surface area contributed by atoms with Gasteiger partial charge in [-0.1, -0.05) is 19.8 Å². The highest BCUT2D eigenvalue weighted by atomic mass is 16.3. The summed E-state index contributed by atoms with van der Waals surface area (Å²) in [5.74, 6) is 0.